The minimum Gasteiger partial charge on any atom is -0.478 e. The molecule has 3 rings (SSSR count). The number of carboxylic acid groups (broad SMARTS) is 1. The molecule has 3 aromatic rings. The van der Waals surface area contributed by atoms with E-state index in [0.29, 0.717) is 0 Å². The minimum absolute atomic E-state index is 0.00468. The summed E-state index contributed by atoms with van der Waals surface area (Å²) < 4.78 is 43.8. The molecule has 122 valence electrons. The third-order valence-corrected chi connectivity index (χ3v) is 3.37. The predicted octanol–water partition coefficient (Wildman–Crippen LogP) is 4.73. The number of aromatic carboxylic acids is 1. The molecule has 0 spiro atoms. The van der Waals surface area contributed by atoms with Crippen molar-refractivity contribution in [2.45, 2.75) is 6.18 Å². The van der Waals surface area contributed by atoms with E-state index in [1.807, 2.05) is 0 Å². The maximum Gasteiger partial charge on any atom is 0.416 e. The maximum atomic E-state index is 12.8. The van der Waals surface area contributed by atoms with Crippen molar-refractivity contribution in [1.82, 2.24) is 4.98 Å². The van der Waals surface area contributed by atoms with Gasteiger partial charge in [-0.3, -0.25) is 0 Å². The van der Waals surface area contributed by atoms with Gasteiger partial charge in [-0.25, -0.2) is 9.78 Å². The highest BCUT2D eigenvalue weighted by Crippen LogP contribution is 2.33. The smallest absolute Gasteiger partial charge is 0.416 e. The van der Waals surface area contributed by atoms with Crippen LogP contribution in [0.2, 0.25) is 0 Å². The number of nitrogens with zero attached hydrogens (tertiary/aromatic N) is 1. The molecule has 2 aromatic carbocycles. The zero-order valence-corrected chi connectivity index (χ0v) is 12.0. The van der Waals surface area contributed by atoms with Gasteiger partial charge in [0.05, 0.1) is 22.9 Å². The molecule has 0 saturated carbocycles. The summed E-state index contributed by atoms with van der Waals surface area (Å²) in [5, 5.41) is 9.18. The lowest BCUT2D eigenvalue weighted by Crippen LogP contribution is -2.04. The Bertz CT molecular complexity index is 900. The third kappa shape index (κ3) is 3.01. The van der Waals surface area contributed by atoms with E-state index in [2.05, 4.69) is 4.98 Å². The summed E-state index contributed by atoms with van der Waals surface area (Å²) in [6, 6.07) is 10.7. The summed E-state index contributed by atoms with van der Waals surface area (Å²) >= 11 is 0. The molecule has 1 aromatic heterocycles. The Morgan fingerprint density at radius 2 is 1.83 bits per heavy atom. The molecule has 0 amide bonds. The molecule has 4 nitrogen and oxygen atoms in total. The van der Waals surface area contributed by atoms with Crippen LogP contribution in [0.15, 0.2) is 59.1 Å². The van der Waals surface area contributed by atoms with E-state index >= 15 is 0 Å². The maximum absolute atomic E-state index is 12.8. The number of oxazole rings is 1. The fourth-order valence-electron chi connectivity index (χ4n) is 2.24. The molecule has 0 aliphatic heterocycles. The number of hydrogen-bond acceptors (Lipinski definition) is 3. The zero-order chi connectivity index (χ0) is 17.3. The number of hydrogen-bond donors (Lipinski definition) is 1. The van der Waals surface area contributed by atoms with E-state index in [1.54, 1.807) is 12.1 Å². The van der Waals surface area contributed by atoms with Gasteiger partial charge in [-0.1, -0.05) is 24.3 Å². The monoisotopic (exact) mass is 333 g/mol. The van der Waals surface area contributed by atoms with Crippen molar-refractivity contribution in [2.75, 3.05) is 0 Å². The van der Waals surface area contributed by atoms with E-state index in [1.165, 1.54) is 30.5 Å². The van der Waals surface area contributed by atoms with Gasteiger partial charge in [-0.2, -0.15) is 13.2 Å². The van der Waals surface area contributed by atoms with Crippen molar-refractivity contribution in [3.05, 3.63) is 65.9 Å². The van der Waals surface area contributed by atoms with Gasteiger partial charge in [0.25, 0.3) is 0 Å². The molecule has 0 unspecified atom stereocenters. The van der Waals surface area contributed by atoms with Crippen LogP contribution >= 0.6 is 0 Å². The summed E-state index contributed by atoms with van der Waals surface area (Å²) in [6.45, 7) is 0. The number of rotatable bonds is 3. The Morgan fingerprint density at radius 3 is 2.54 bits per heavy atom. The van der Waals surface area contributed by atoms with E-state index in [4.69, 9.17) is 4.42 Å². The molecule has 1 heterocycles. The summed E-state index contributed by atoms with van der Waals surface area (Å²) in [6.07, 6.45) is -3.20. The van der Waals surface area contributed by atoms with Crippen LogP contribution in [0.4, 0.5) is 13.2 Å². The molecule has 7 heteroatoms. The van der Waals surface area contributed by atoms with Crippen LogP contribution in [0, 0.1) is 0 Å². The lowest BCUT2D eigenvalue weighted by molar-refractivity contribution is -0.137. The highest BCUT2D eigenvalue weighted by molar-refractivity contribution is 5.94. The number of halogens is 3. The Kier molecular flexibility index (Phi) is 3.84. The minimum atomic E-state index is -4.46. The first-order valence-electron chi connectivity index (χ1n) is 6.82. The highest BCUT2D eigenvalue weighted by Gasteiger charge is 2.30. The van der Waals surface area contributed by atoms with Crippen LogP contribution in [0.3, 0.4) is 0 Å². The van der Waals surface area contributed by atoms with E-state index in [9.17, 15) is 23.1 Å². The standard InChI is InChI=1S/C17H10F3NO3/c18-17(19,20)11-5-3-4-10(8-11)14-9-21-15(24-14)12-6-1-2-7-13(12)16(22)23/h1-9H,(H,22,23). The lowest BCUT2D eigenvalue weighted by Gasteiger charge is -2.07. The summed E-state index contributed by atoms with van der Waals surface area (Å²) in [5.74, 6) is -0.999. The average molecular weight is 333 g/mol. The third-order valence-electron chi connectivity index (χ3n) is 3.37. The van der Waals surface area contributed by atoms with Gasteiger partial charge in [-0.05, 0) is 24.3 Å². The Morgan fingerprint density at radius 1 is 1.08 bits per heavy atom. The second-order valence-electron chi connectivity index (χ2n) is 4.96. The van der Waals surface area contributed by atoms with Gasteiger partial charge in [0.15, 0.2) is 5.76 Å². The van der Waals surface area contributed by atoms with E-state index < -0.39 is 17.7 Å². The van der Waals surface area contributed by atoms with Crippen LogP contribution in [0.1, 0.15) is 15.9 Å². The van der Waals surface area contributed by atoms with Crippen molar-refractivity contribution in [1.29, 1.82) is 0 Å². The van der Waals surface area contributed by atoms with Gasteiger partial charge in [0.2, 0.25) is 5.89 Å². The van der Waals surface area contributed by atoms with Crippen LogP contribution in [0.25, 0.3) is 22.8 Å². The molecule has 0 fully saturated rings. The summed E-state index contributed by atoms with van der Waals surface area (Å²) in [4.78, 5) is 15.2. The van der Waals surface area contributed by atoms with Gasteiger partial charge in [0.1, 0.15) is 0 Å². The Labute approximate surface area is 134 Å². The predicted molar refractivity (Wildman–Crippen MR) is 79.3 cm³/mol. The molecule has 0 saturated heterocycles. The molecular weight excluding hydrogens is 323 g/mol. The van der Waals surface area contributed by atoms with Gasteiger partial charge in [0, 0.05) is 5.56 Å². The molecule has 0 aliphatic carbocycles. The topological polar surface area (TPSA) is 63.3 Å². The fourth-order valence-corrected chi connectivity index (χ4v) is 2.24. The summed E-state index contributed by atoms with van der Waals surface area (Å²) in [5.41, 5.74) is -0.349. The first kappa shape index (κ1) is 15.8. The number of alkyl halides is 3. The number of benzene rings is 2. The molecular formula is C17H10F3NO3. The van der Waals surface area contributed by atoms with Crippen molar-refractivity contribution in [3.8, 4) is 22.8 Å². The quantitative estimate of drug-likeness (QED) is 0.753. The molecule has 1 N–H and O–H groups in total. The second-order valence-corrected chi connectivity index (χ2v) is 4.96. The van der Waals surface area contributed by atoms with Crippen LogP contribution in [-0.4, -0.2) is 16.1 Å². The van der Waals surface area contributed by atoms with E-state index in [0.717, 1.165) is 12.1 Å². The molecule has 0 atom stereocenters. The fraction of sp³-hybridized carbons (Fsp3) is 0.0588. The molecule has 24 heavy (non-hydrogen) atoms. The average Bonchev–Trinajstić information content (AvgIpc) is 3.04. The first-order chi connectivity index (χ1) is 11.4. The van der Waals surface area contributed by atoms with Crippen molar-refractivity contribution in [2.24, 2.45) is 0 Å². The number of aromatic nitrogens is 1. The van der Waals surface area contributed by atoms with Crippen LogP contribution < -0.4 is 0 Å². The first-order valence-corrected chi connectivity index (χ1v) is 6.82. The molecule has 0 bridgehead atoms. The van der Waals surface area contributed by atoms with Gasteiger partial charge < -0.3 is 9.52 Å². The zero-order valence-electron chi connectivity index (χ0n) is 12.0. The number of carbonyl (C=O) groups is 1. The Hall–Kier alpha value is -3.09. The Balaban J connectivity index is 2.02. The van der Waals surface area contributed by atoms with E-state index in [-0.39, 0.29) is 28.3 Å². The van der Waals surface area contributed by atoms with Crippen molar-refractivity contribution in [3.63, 3.8) is 0 Å². The number of carboxylic acids is 1. The molecule has 0 radical (unpaired) electrons. The van der Waals surface area contributed by atoms with Gasteiger partial charge >= 0.3 is 12.1 Å². The van der Waals surface area contributed by atoms with Gasteiger partial charge in [-0.15, -0.1) is 0 Å². The van der Waals surface area contributed by atoms with Crippen molar-refractivity contribution < 1.29 is 27.5 Å². The SMILES string of the molecule is O=C(O)c1ccccc1-c1ncc(-c2cccc(C(F)(F)F)c2)o1. The second kappa shape index (κ2) is 5.84. The highest BCUT2D eigenvalue weighted by atomic mass is 19.4. The van der Waals surface area contributed by atoms with Crippen LogP contribution in [0.5, 0.6) is 0 Å². The largest absolute Gasteiger partial charge is 0.478 e. The lowest BCUT2D eigenvalue weighted by atomic mass is 10.1. The normalized spacial score (nSPS) is 11.5. The molecule has 0 aliphatic rings. The summed E-state index contributed by atoms with van der Waals surface area (Å²) in [7, 11) is 0. The van der Waals surface area contributed by atoms with Crippen LogP contribution in [-0.2, 0) is 6.18 Å². The van der Waals surface area contributed by atoms with Crippen molar-refractivity contribution >= 4 is 5.97 Å².